The van der Waals surface area contributed by atoms with E-state index in [0.29, 0.717) is 6.61 Å². The molecule has 0 fully saturated rings. The van der Waals surface area contributed by atoms with E-state index in [-0.39, 0.29) is 11.9 Å². The first-order valence-corrected chi connectivity index (χ1v) is 8.35. The number of ether oxygens (including phenoxy) is 1. The Morgan fingerprint density at radius 2 is 2.09 bits per heavy atom. The zero-order valence-electron chi connectivity index (χ0n) is 14.2. The van der Waals surface area contributed by atoms with E-state index in [1.807, 2.05) is 19.1 Å². The van der Waals surface area contributed by atoms with Crippen molar-refractivity contribution in [1.29, 1.82) is 0 Å². The zero-order valence-corrected chi connectivity index (χ0v) is 14.2. The van der Waals surface area contributed by atoms with E-state index in [9.17, 15) is 9.59 Å². The number of fused-ring (bicyclic) bond motifs is 1. The first kappa shape index (κ1) is 17.3. The van der Waals surface area contributed by atoms with Gasteiger partial charge < -0.3 is 9.64 Å². The molecule has 23 heavy (non-hydrogen) atoms. The monoisotopic (exact) mass is 315 g/mol. The van der Waals surface area contributed by atoms with Crippen molar-refractivity contribution in [2.24, 2.45) is 0 Å². The number of esters is 1. The van der Waals surface area contributed by atoms with Crippen LogP contribution in [-0.4, -0.2) is 25.0 Å². The van der Waals surface area contributed by atoms with Crippen LogP contribution in [0.3, 0.4) is 0 Å². The fourth-order valence-electron chi connectivity index (χ4n) is 2.92. The molecule has 4 nitrogen and oxygen atoms in total. The van der Waals surface area contributed by atoms with Crippen LogP contribution in [0, 0.1) is 0 Å². The predicted molar refractivity (Wildman–Crippen MR) is 92.3 cm³/mol. The van der Waals surface area contributed by atoms with Gasteiger partial charge in [-0.2, -0.15) is 0 Å². The van der Waals surface area contributed by atoms with Crippen LogP contribution in [0.4, 0.5) is 5.69 Å². The Morgan fingerprint density at radius 3 is 2.74 bits per heavy atom. The number of amides is 1. The Bertz CT molecular complexity index is 619. The quantitative estimate of drug-likeness (QED) is 0.593. The lowest BCUT2D eigenvalue weighted by Crippen LogP contribution is -2.25. The second kappa shape index (κ2) is 7.95. The van der Waals surface area contributed by atoms with E-state index in [0.717, 1.165) is 49.1 Å². The van der Waals surface area contributed by atoms with Crippen LogP contribution < -0.4 is 4.90 Å². The highest BCUT2D eigenvalue weighted by atomic mass is 16.5. The van der Waals surface area contributed by atoms with Crippen LogP contribution in [-0.2, 0) is 20.7 Å². The van der Waals surface area contributed by atoms with E-state index in [4.69, 9.17) is 4.74 Å². The summed E-state index contributed by atoms with van der Waals surface area (Å²) in [5.74, 6) is -0.214. The second-order valence-electron chi connectivity index (χ2n) is 5.79. The molecule has 1 amide bonds. The van der Waals surface area contributed by atoms with E-state index >= 15 is 0 Å². The van der Waals surface area contributed by atoms with Gasteiger partial charge in [-0.3, -0.25) is 4.79 Å². The minimum atomic E-state index is -0.288. The van der Waals surface area contributed by atoms with Gasteiger partial charge in [0.1, 0.15) is 0 Å². The Morgan fingerprint density at radius 1 is 1.30 bits per heavy atom. The fourth-order valence-corrected chi connectivity index (χ4v) is 2.92. The molecule has 4 heteroatoms. The number of carbonyl (C=O) groups excluding carboxylic acids is 2. The summed E-state index contributed by atoms with van der Waals surface area (Å²) in [5.41, 5.74) is 4.22. The number of anilines is 1. The normalized spacial score (nSPS) is 13.9. The smallest absolute Gasteiger partial charge is 0.331 e. The molecule has 0 saturated carbocycles. The molecular weight excluding hydrogens is 290 g/mol. The summed E-state index contributed by atoms with van der Waals surface area (Å²) in [6.07, 6.45) is 5.43. The number of nitrogens with zero attached hydrogens (tertiary/aromatic N) is 1. The third-order valence-electron chi connectivity index (χ3n) is 4.10. The van der Waals surface area contributed by atoms with Crippen molar-refractivity contribution in [3.05, 3.63) is 35.4 Å². The molecule has 2 rings (SSSR count). The largest absolute Gasteiger partial charge is 0.463 e. The van der Waals surface area contributed by atoms with E-state index < -0.39 is 0 Å². The molecule has 0 unspecified atom stereocenters. The molecule has 0 radical (unpaired) electrons. The standard InChI is InChI=1S/C19H25NO3/c1-4-6-7-15(13-19(22)23-5-2)16-8-9-18-17(12-16)10-11-20(18)14(3)21/h8-9,12-13H,4-7,10-11H2,1-3H3. The first-order chi connectivity index (χ1) is 11.1. The summed E-state index contributed by atoms with van der Waals surface area (Å²) in [5, 5.41) is 0. The van der Waals surface area contributed by atoms with Crippen molar-refractivity contribution in [2.45, 2.75) is 46.5 Å². The molecule has 1 heterocycles. The number of rotatable bonds is 6. The van der Waals surface area contributed by atoms with Gasteiger partial charge >= 0.3 is 5.97 Å². The summed E-state index contributed by atoms with van der Waals surface area (Å²) < 4.78 is 5.05. The molecule has 0 bridgehead atoms. The van der Waals surface area contributed by atoms with Crippen LogP contribution in [0.25, 0.3) is 5.57 Å². The maximum absolute atomic E-state index is 11.8. The number of carbonyl (C=O) groups is 2. The molecule has 0 aliphatic carbocycles. The first-order valence-electron chi connectivity index (χ1n) is 8.35. The Hall–Kier alpha value is -2.10. The van der Waals surface area contributed by atoms with Crippen molar-refractivity contribution in [3.8, 4) is 0 Å². The van der Waals surface area contributed by atoms with Gasteiger partial charge in [-0.25, -0.2) is 4.79 Å². The zero-order chi connectivity index (χ0) is 16.8. The summed E-state index contributed by atoms with van der Waals surface area (Å²) in [6.45, 7) is 6.66. The summed E-state index contributed by atoms with van der Waals surface area (Å²) >= 11 is 0. The molecule has 0 saturated heterocycles. The lowest BCUT2D eigenvalue weighted by Gasteiger charge is -2.15. The molecule has 1 aromatic rings. The van der Waals surface area contributed by atoms with Crippen molar-refractivity contribution < 1.29 is 14.3 Å². The Labute approximate surface area is 138 Å². The van der Waals surface area contributed by atoms with Crippen LogP contribution in [0.15, 0.2) is 24.3 Å². The van der Waals surface area contributed by atoms with Crippen molar-refractivity contribution in [1.82, 2.24) is 0 Å². The van der Waals surface area contributed by atoms with Crippen molar-refractivity contribution in [3.63, 3.8) is 0 Å². The number of hydrogen-bond acceptors (Lipinski definition) is 3. The Balaban J connectivity index is 2.29. The molecule has 0 N–H and O–H groups in total. The number of hydrogen-bond donors (Lipinski definition) is 0. The molecule has 1 aliphatic rings. The highest BCUT2D eigenvalue weighted by Gasteiger charge is 2.22. The maximum Gasteiger partial charge on any atom is 0.331 e. The van der Waals surface area contributed by atoms with E-state index in [1.54, 1.807) is 17.9 Å². The molecule has 0 spiro atoms. The van der Waals surface area contributed by atoms with Gasteiger partial charge in [-0.05, 0) is 55.0 Å². The molecule has 1 aromatic carbocycles. The fraction of sp³-hybridized carbons (Fsp3) is 0.474. The van der Waals surface area contributed by atoms with Crippen molar-refractivity contribution >= 4 is 23.1 Å². The highest BCUT2D eigenvalue weighted by Crippen LogP contribution is 2.32. The minimum Gasteiger partial charge on any atom is -0.463 e. The van der Waals surface area contributed by atoms with Gasteiger partial charge in [0.15, 0.2) is 0 Å². The predicted octanol–water partition coefficient (Wildman–Crippen LogP) is 3.73. The summed E-state index contributed by atoms with van der Waals surface area (Å²) in [4.78, 5) is 25.3. The Kier molecular flexibility index (Phi) is 5.97. The van der Waals surface area contributed by atoms with Gasteiger partial charge in [0.25, 0.3) is 0 Å². The van der Waals surface area contributed by atoms with E-state index in [1.165, 1.54) is 5.56 Å². The summed E-state index contributed by atoms with van der Waals surface area (Å²) in [6, 6.07) is 6.10. The average molecular weight is 315 g/mol. The SMILES string of the molecule is CCCCC(=CC(=O)OCC)c1ccc2c(c1)CCN2C(C)=O. The van der Waals surface area contributed by atoms with Crippen LogP contribution >= 0.6 is 0 Å². The topological polar surface area (TPSA) is 46.6 Å². The lowest BCUT2D eigenvalue weighted by molar-refractivity contribution is -0.137. The highest BCUT2D eigenvalue weighted by molar-refractivity contribution is 5.95. The second-order valence-corrected chi connectivity index (χ2v) is 5.79. The lowest BCUT2D eigenvalue weighted by atomic mass is 9.97. The van der Waals surface area contributed by atoms with E-state index in [2.05, 4.69) is 13.0 Å². The van der Waals surface area contributed by atoms with Gasteiger partial charge in [0.2, 0.25) is 5.91 Å². The third kappa shape index (κ3) is 4.21. The molecule has 124 valence electrons. The minimum absolute atomic E-state index is 0.0739. The number of allylic oxidation sites excluding steroid dienone is 1. The van der Waals surface area contributed by atoms with Gasteiger partial charge in [0, 0.05) is 25.2 Å². The van der Waals surface area contributed by atoms with Gasteiger partial charge in [-0.15, -0.1) is 0 Å². The van der Waals surface area contributed by atoms with Gasteiger partial charge in [0.05, 0.1) is 6.61 Å². The third-order valence-corrected chi connectivity index (χ3v) is 4.10. The van der Waals surface area contributed by atoms with Crippen LogP contribution in [0.1, 0.15) is 51.2 Å². The average Bonchev–Trinajstić information content (AvgIpc) is 2.94. The van der Waals surface area contributed by atoms with Gasteiger partial charge in [-0.1, -0.05) is 19.4 Å². The maximum atomic E-state index is 11.8. The van der Waals surface area contributed by atoms with Crippen molar-refractivity contribution in [2.75, 3.05) is 18.1 Å². The number of unbranched alkanes of at least 4 members (excludes halogenated alkanes) is 1. The number of benzene rings is 1. The molecular formula is C19H25NO3. The molecule has 0 aromatic heterocycles. The summed E-state index contributed by atoms with van der Waals surface area (Å²) in [7, 11) is 0. The van der Waals surface area contributed by atoms with Crippen LogP contribution in [0.2, 0.25) is 0 Å². The van der Waals surface area contributed by atoms with Crippen LogP contribution in [0.5, 0.6) is 0 Å². The molecule has 0 atom stereocenters. The molecule has 1 aliphatic heterocycles.